The van der Waals surface area contributed by atoms with E-state index in [-0.39, 0.29) is 11.5 Å². The molecule has 0 aromatic heterocycles. The minimum atomic E-state index is -0.318. The summed E-state index contributed by atoms with van der Waals surface area (Å²) in [6.45, 7) is 6.80. The molecule has 4 nitrogen and oxygen atoms in total. The van der Waals surface area contributed by atoms with Crippen LogP contribution in [0.25, 0.3) is 0 Å². The van der Waals surface area contributed by atoms with Crippen molar-refractivity contribution in [2.75, 3.05) is 11.4 Å². The Kier molecular flexibility index (Phi) is 6.22. The fourth-order valence-electron chi connectivity index (χ4n) is 1.83. The SMILES string of the molecule is CC(C)(C)OC=O.O=C1CCCCN1c1ccccc1. The highest BCUT2D eigenvalue weighted by Crippen LogP contribution is 2.19. The normalized spacial score (nSPS) is 15.2. The van der Waals surface area contributed by atoms with E-state index in [2.05, 4.69) is 4.74 Å². The highest BCUT2D eigenvalue weighted by molar-refractivity contribution is 5.93. The Labute approximate surface area is 120 Å². The third-order valence-corrected chi connectivity index (χ3v) is 2.79. The summed E-state index contributed by atoms with van der Waals surface area (Å²) in [7, 11) is 0. The zero-order chi connectivity index (χ0) is 15.0. The van der Waals surface area contributed by atoms with Gasteiger partial charge in [-0.25, -0.2) is 0 Å². The molecule has 1 fully saturated rings. The molecule has 0 N–H and O–H groups in total. The summed E-state index contributed by atoms with van der Waals surface area (Å²) >= 11 is 0. The summed E-state index contributed by atoms with van der Waals surface area (Å²) in [5.74, 6) is 0.262. The molecule has 1 aliphatic rings. The smallest absolute Gasteiger partial charge is 0.293 e. The highest BCUT2D eigenvalue weighted by atomic mass is 16.5. The van der Waals surface area contributed by atoms with Gasteiger partial charge in [0.2, 0.25) is 5.91 Å². The summed E-state index contributed by atoms with van der Waals surface area (Å²) in [4.78, 5) is 23.0. The molecule has 1 aromatic carbocycles. The molecule has 2 rings (SSSR count). The number of nitrogens with zero attached hydrogens (tertiary/aromatic N) is 1. The number of benzene rings is 1. The lowest BCUT2D eigenvalue weighted by molar-refractivity contribution is -0.138. The van der Waals surface area contributed by atoms with E-state index in [1.54, 1.807) is 0 Å². The molecular formula is C16H23NO3. The topological polar surface area (TPSA) is 46.6 Å². The number of para-hydroxylation sites is 1. The van der Waals surface area contributed by atoms with Crippen molar-refractivity contribution in [2.45, 2.75) is 45.6 Å². The Morgan fingerprint density at radius 1 is 1.15 bits per heavy atom. The van der Waals surface area contributed by atoms with Crippen LogP contribution in [0.4, 0.5) is 5.69 Å². The van der Waals surface area contributed by atoms with Gasteiger partial charge in [0.1, 0.15) is 5.60 Å². The van der Waals surface area contributed by atoms with Crippen molar-refractivity contribution >= 4 is 18.1 Å². The van der Waals surface area contributed by atoms with Crippen LogP contribution >= 0.6 is 0 Å². The molecule has 0 radical (unpaired) electrons. The standard InChI is InChI=1S/C11H13NO.C5H10O2/c13-11-8-4-5-9-12(11)10-6-2-1-3-7-10;1-5(2,3)7-4-6/h1-3,6-7H,4-5,8-9H2;4H,1-3H3. The summed E-state index contributed by atoms with van der Waals surface area (Å²) < 4.78 is 4.55. The number of carbonyl (C=O) groups is 2. The quantitative estimate of drug-likeness (QED) is 0.780. The van der Waals surface area contributed by atoms with E-state index in [1.807, 2.05) is 56.0 Å². The van der Waals surface area contributed by atoms with Crippen LogP contribution < -0.4 is 4.90 Å². The maximum Gasteiger partial charge on any atom is 0.293 e. The van der Waals surface area contributed by atoms with Crippen molar-refractivity contribution < 1.29 is 14.3 Å². The van der Waals surface area contributed by atoms with E-state index in [0.717, 1.165) is 25.1 Å². The van der Waals surface area contributed by atoms with Gasteiger partial charge in [-0.3, -0.25) is 9.59 Å². The fraction of sp³-hybridized carbons (Fsp3) is 0.500. The number of amides is 1. The Morgan fingerprint density at radius 2 is 1.80 bits per heavy atom. The summed E-state index contributed by atoms with van der Waals surface area (Å²) in [5, 5.41) is 0. The van der Waals surface area contributed by atoms with Crippen molar-refractivity contribution in [2.24, 2.45) is 0 Å². The zero-order valence-electron chi connectivity index (χ0n) is 12.5. The maximum absolute atomic E-state index is 11.5. The third-order valence-electron chi connectivity index (χ3n) is 2.79. The number of ether oxygens (including phenoxy) is 1. The van der Waals surface area contributed by atoms with Crippen LogP contribution in [0, 0.1) is 0 Å². The molecular weight excluding hydrogens is 254 g/mol. The van der Waals surface area contributed by atoms with Crippen LogP contribution in [0.2, 0.25) is 0 Å². The van der Waals surface area contributed by atoms with Gasteiger partial charge in [-0.05, 0) is 45.7 Å². The van der Waals surface area contributed by atoms with Gasteiger partial charge < -0.3 is 9.64 Å². The summed E-state index contributed by atoms with van der Waals surface area (Å²) in [6.07, 6.45) is 2.87. The molecule has 1 saturated heterocycles. The number of rotatable bonds is 2. The van der Waals surface area contributed by atoms with Crippen molar-refractivity contribution in [3.8, 4) is 0 Å². The molecule has 110 valence electrons. The molecule has 0 spiro atoms. The van der Waals surface area contributed by atoms with Crippen LogP contribution in [0.3, 0.4) is 0 Å². The van der Waals surface area contributed by atoms with E-state index in [4.69, 9.17) is 0 Å². The molecule has 0 saturated carbocycles. The van der Waals surface area contributed by atoms with Crippen molar-refractivity contribution in [1.29, 1.82) is 0 Å². The first-order chi connectivity index (χ1) is 9.44. The second-order valence-corrected chi connectivity index (χ2v) is 5.66. The van der Waals surface area contributed by atoms with Crippen LogP contribution in [0.5, 0.6) is 0 Å². The lowest BCUT2D eigenvalue weighted by Crippen LogP contribution is -2.35. The van der Waals surface area contributed by atoms with Gasteiger partial charge in [0.25, 0.3) is 6.47 Å². The first-order valence-electron chi connectivity index (χ1n) is 6.91. The van der Waals surface area contributed by atoms with E-state index in [1.165, 1.54) is 0 Å². The average molecular weight is 277 g/mol. The first-order valence-corrected chi connectivity index (χ1v) is 6.91. The largest absolute Gasteiger partial charge is 0.462 e. The maximum atomic E-state index is 11.5. The minimum absolute atomic E-state index is 0.262. The lowest BCUT2D eigenvalue weighted by Gasteiger charge is -2.26. The van der Waals surface area contributed by atoms with E-state index in [0.29, 0.717) is 12.9 Å². The van der Waals surface area contributed by atoms with Gasteiger partial charge in [0, 0.05) is 18.7 Å². The number of carbonyl (C=O) groups excluding carboxylic acids is 2. The van der Waals surface area contributed by atoms with Gasteiger partial charge in [-0.15, -0.1) is 0 Å². The van der Waals surface area contributed by atoms with Gasteiger partial charge in [-0.2, -0.15) is 0 Å². The van der Waals surface area contributed by atoms with Gasteiger partial charge in [-0.1, -0.05) is 18.2 Å². The number of piperidine rings is 1. The molecule has 0 atom stereocenters. The predicted molar refractivity (Wildman–Crippen MR) is 79.5 cm³/mol. The van der Waals surface area contributed by atoms with Crippen LogP contribution in [-0.4, -0.2) is 24.5 Å². The van der Waals surface area contributed by atoms with Crippen molar-refractivity contribution in [3.05, 3.63) is 30.3 Å². The summed E-state index contributed by atoms with van der Waals surface area (Å²) in [5.41, 5.74) is 0.717. The first kappa shape index (κ1) is 16.2. The van der Waals surface area contributed by atoms with Crippen molar-refractivity contribution in [3.63, 3.8) is 0 Å². The Bertz CT molecular complexity index is 423. The molecule has 1 amide bonds. The molecule has 1 heterocycles. The zero-order valence-corrected chi connectivity index (χ0v) is 12.5. The van der Waals surface area contributed by atoms with Gasteiger partial charge >= 0.3 is 0 Å². The molecule has 1 aromatic rings. The average Bonchev–Trinajstić information content (AvgIpc) is 2.40. The fourth-order valence-corrected chi connectivity index (χ4v) is 1.83. The molecule has 0 aliphatic carbocycles. The van der Waals surface area contributed by atoms with Crippen molar-refractivity contribution in [1.82, 2.24) is 0 Å². The summed E-state index contributed by atoms with van der Waals surface area (Å²) in [6, 6.07) is 9.89. The third kappa shape index (κ3) is 5.87. The second-order valence-electron chi connectivity index (χ2n) is 5.66. The second kappa shape index (κ2) is 7.68. The lowest BCUT2D eigenvalue weighted by atomic mass is 10.1. The highest BCUT2D eigenvalue weighted by Gasteiger charge is 2.18. The number of anilines is 1. The Balaban J connectivity index is 0.000000246. The van der Waals surface area contributed by atoms with E-state index in [9.17, 15) is 9.59 Å². The van der Waals surface area contributed by atoms with Gasteiger partial charge in [0.15, 0.2) is 0 Å². The molecule has 1 aliphatic heterocycles. The molecule has 4 heteroatoms. The van der Waals surface area contributed by atoms with E-state index < -0.39 is 0 Å². The van der Waals surface area contributed by atoms with Gasteiger partial charge in [0.05, 0.1) is 0 Å². The predicted octanol–water partition coefficient (Wildman–Crippen LogP) is 3.16. The van der Waals surface area contributed by atoms with E-state index >= 15 is 0 Å². The monoisotopic (exact) mass is 277 g/mol. The molecule has 0 unspecified atom stereocenters. The van der Waals surface area contributed by atoms with Crippen LogP contribution in [0.1, 0.15) is 40.0 Å². The molecule has 20 heavy (non-hydrogen) atoms. The number of hydrogen-bond donors (Lipinski definition) is 0. The Morgan fingerprint density at radius 3 is 2.25 bits per heavy atom. The minimum Gasteiger partial charge on any atom is -0.462 e. The molecule has 0 bridgehead atoms. The van der Waals surface area contributed by atoms with Crippen LogP contribution in [0.15, 0.2) is 30.3 Å². The Hall–Kier alpha value is -1.84. The number of hydrogen-bond acceptors (Lipinski definition) is 3. The van der Waals surface area contributed by atoms with Crippen LogP contribution in [-0.2, 0) is 14.3 Å².